The maximum Gasteiger partial charge on any atom is 0.131 e. The molecule has 0 saturated carbocycles. The molecule has 0 fully saturated rings. The first-order valence-electron chi connectivity index (χ1n) is 3.73. The lowest BCUT2D eigenvalue weighted by Gasteiger charge is -2.09. The van der Waals surface area contributed by atoms with Crippen molar-refractivity contribution in [2.75, 3.05) is 24.2 Å². The van der Waals surface area contributed by atoms with Crippen LogP contribution in [0.5, 0.6) is 0 Å². The van der Waals surface area contributed by atoms with Gasteiger partial charge in [0, 0.05) is 13.6 Å². The largest absolute Gasteiger partial charge is 0.397 e. The van der Waals surface area contributed by atoms with Crippen molar-refractivity contribution in [3.63, 3.8) is 0 Å². The van der Waals surface area contributed by atoms with Gasteiger partial charge in [-0.05, 0) is 18.1 Å². The van der Waals surface area contributed by atoms with Crippen molar-refractivity contribution in [1.82, 2.24) is 4.98 Å². The van der Waals surface area contributed by atoms with Gasteiger partial charge in [0.2, 0.25) is 0 Å². The maximum absolute atomic E-state index is 5.60. The highest BCUT2D eigenvalue weighted by atomic mass is 15.2. The second-order valence-electron chi connectivity index (χ2n) is 2.92. The molecule has 0 unspecified atom stereocenters. The van der Waals surface area contributed by atoms with Crippen LogP contribution in [0.25, 0.3) is 0 Å². The third-order valence-electron chi connectivity index (χ3n) is 2.04. The molecule has 0 saturated heterocycles. The number of rotatable bonds is 0. The van der Waals surface area contributed by atoms with Crippen LogP contribution in [0.3, 0.4) is 0 Å². The van der Waals surface area contributed by atoms with E-state index < -0.39 is 0 Å². The van der Waals surface area contributed by atoms with Crippen LogP contribution < -0.4 is 10.6 Å². The summed E-state index contributed by atoms with van der Waals surface area (Å²) in [5.74, 6) is 1.08. The summed E-state index contributed by atoms with van der Waals surface area (Å²) in [4.78, 5) is 6.39. The Morgan fingerprint density at radius 1 is 1.64 bits per heavy atom. The van der Waals surface area contributed by atoms with E-state index in [0.717, 1.165) is 24.5 Å². The summed E-state index contributed by atoms with van der Waals surface area (Å²) in [6, 6.07) is 2.01. The van der Waals surface area contributed by atoms with Gasteiger partial charge >= 0.3 is 0 Å². The highest BCUT2D eigenvalue weighted by Crippen LogP contribution is 2.24. The number of hydrogen-bond acceptors (Lipinski definition) is 3. The van der Waals surface area contributed by atoms with Gasteiger partial charge < -0.3 is 10.6 Å². The number of nitrogen functional groups attached to an aromatic ring is 1. The zero-order chi connectivity index (χ0) is 7.84. The third-order valence-corrected chi connectivity index (χ3v) is 2.04. The van der Waals surface area contributed by atoms with Crippen molar-refractivity contribution in [2.24, 2.45) is 0 Å². The zero-order valence-electron chi connectivity index (χ0n) is 6.54. The fourth-order valence-corrected chi connectivity index (χ4v) is 1.44. The predicted molar refractivity (Wildman–Crippen MR) is 45.6 cm³/mol. The molecule has 58 valence electrons. The Hall–Kier alpha value is -1.25. The number of likely N-dealkylation sites (N-methyl/N-ethyl adjacent to an activating group) is 1. The molecule has 0 spiro atoms. The van der Waals surface area contributed by atoms with E-state index in [1.165, 1.54) is 5.56 Å². The average Bonchev–Trinajstić information content (AvgIpc) is 2.32. The first-order valence-corrected chi connectivity index (χ1v) is 3.73. The number of fused-ring (bicyclic) bond motifs is 1. The highest BCUT2D eigenvalue weighted by molar-refractivity contribution is 5.56. The Kier molecular flexibility index (Phi) is 1.24. The van der Waals surface area contributed by atoms with Gasteiger partial charge in [0.05, 0.1) is 11.9 Å². The van der Waals surface area contributed by atoms with Crippen LogP contribution in [-0.4, -0.2) is 18.6 Å². The molecule has 3 nitrogen and oxygen atoms in total. The van der Waals surface area contributed by atoms with E-state index in [-0.39, 0.29) is 0 Å². The minimum absolute atomic E-state index is 0.763. The Morgan fingerprint density at radius 3 is 3.27 bits per heavy atom. The first-order chi connectivity index (χ1) is 5.27. The number of nitrogens with two attached hydrogens (primary N) is 1. The van der Waals surface area contributed by atoms with Crippen molar-refractivity contribution in [3.05, 3.63) is 17.8 Å². The standard InChI is InChI=1S/C8H11N3/c1-11-3-2-6-4-7(9)5-10-8(6)11/h4-5H,2-3,9H2,1H3. The molecule has 0 atom stereocenters. The molecule has 0 aromatic carbocycles. The molecule has 0 bridgehead atoms. The van der Waals surface area contributed by atoms with Crippen LogP contribution in [0.2, 0.25) is 0 Å². The van der Waals surface area contributed by atoms with E-state index in [2.05, 4.69) is 16.9 Å². The lowest BCUT2D eigenvalue weighted by molar-refractivity contribution is 0.945. The second-order valence-corrected chi connectivity index (χ2v) is 2.92. The summed E-state index contributed by atoms with van der Waals surface area (Å²) in [5.41, 5.74) is 7.63. The number of nitrogens with zero attached hydrogens (tertiary/aromatic N) is 2. The van der Waals surface area contributed by atoms with Crippen LogP contribution in [0.15, 0.2) is 12.3 Å². The van der Waals surface area contributed by atoms with Gasteiger partial charge in [-0.2, -0.15) is 0 Å². The first kappa shape index (κ1) is 6.46. The number of hydrogen-bond donors (Lipinski definition) is 1. The SMILES string of the molecule is CN1CCc2cc(N)cnc21. The maximum atomic E-state index is 5.60. The van der Waals surface area contributed by atoms with Gasteiger partial charge in [-0.25, -0.2) is 4.98 Å². The van der Waals surface area contributed by atoms with Gasteiger partial charge in [-0.3, -0.25) is 0 Å². The average molecular weight is 149 g/mol. The Bertz CT molecular complexity index is 283. The number of anilines is 2. The summed E-state index contributed by atoms with van der Waals surface area (Å²) in [6.45, 7) is 1.06. The lowest BCUT2D eigenvalue weighted by atomic mass is 10.2. The fourth-order valence-electron chi connectivity index (χ4n) is 1.44. The number of aromatic nitrogens is 1. The molecule has 2 rings (SSSR count). The Morgan fingerprint density at radius 2 is 2.45 bits per heavy atom. The van der Waals surface area contributed by atoms with E-state index in [9.17, 15) is 0 Å². The quantitative estimate of drug-likeness (QED) is 0.589. The van der Waals surface area contributed by atoms with Crippen LogP contribution in [0.4, 0.5) is 11.5 Å². The topological polar surface area (TPSA) is 42.1 Å². The van der Waals surface area contributed by atoms with E-state index >= 15 is 0 Å². The molecule has 2 N–H and O–H groups in total. The summed E-state index contributed by atoms with van der Waals surface area (Å²) in [7, 11) is 2.05. The summed E-state index contributed by atoms with van der Waals surface area (Å²) in [5, 5.41) is 0. The van der Waals surface area contributed by atoms with Gasteiger partial charge in [-0.1, -0.05) is 0 Å². The van der Waals surface area contributed by atoms with Crippen LogP contribution in [-0.2, 0) is 6.42 Å². The molecule has 2 heterocycles. The zero-order valence-corrected chi connectivity index (χ0v) is 6.54. The minimum atomic E-state index is 0.763. The molecular weight excluding hydrogens is 138 g/mol. The second kappa shape index (κ2) is 2.12. The summed E-state index contributed by atoms with van der Waals surface area (Å²) < 4.78 is 0. The number of pyridine rings is 1. The smallest absolute Gasteiger partial charge is 0.131 e. The summed E-state index contributed by atoms with van der Waals surface area (Å²) in [6.07, 6.45) is 2.78. The van der Waals surface area contributed by atoms with Crippen LogP contribution in [0, 0.1) is 0 Å². The van der Waals surface area contributed by atoms with Gasteiger partial charge in [-0.15, -0.1) is 0 Å². The molecular formula is C8H11N3. The van der Waals surface area contributed by atoms with E-state index in [4.69, 9.17) is 5.73 Å². The van der Waals surface area contributed by atoms with Crippen molar-refractivity contribution in [1.29, 1.82) is 0 Å². The molecule has 11 heavy (non-hydrogen) atoms. The van der Waals surface area contributed by atoms with Gasteiger partial charge in [0.25, 0.3) is 0 Å². The molecule has 3 heteroatoms. The van der Waals surface area contributed by atoms with Crippen molar-refractivity contribution >= 4 is 11.5 Å². The molecule has 0 aliphatic carbocycles. The predicted octanol–water partition coefficient (Wildman–Crippen LogP) is 0.656. The lowest BCUT2D eigenvalue weighted by Crippen LogP contribution is -2.13. The van der Waals surface area contributed by atoms with E-state index in [1.54, 1.807) is 6.20 Å². The van der Waals surface area contributed by atoms with Crippen molar-refractivity contribution in [3.8, 4) is 0 Å². The van der Waals surface area contributed by atoms with Gasteiger partial charge in [0.1, 0.15) is 5.82 Å². The van der Waals surface area contributed by atoms with Crippen molar-refractivity contribution in [2.45, 2.75) is 6.42 Å². The Balaban J connectivity index is 2.50. The van der Waals surface area contributed by atoms with Crippen molar-refractivity contribution < 1.29 is 0 Å². The van der Waals surface area contributed by atoms with Gasteiger partial charge in [0.15, 0.2) is 0 Å². The van der Waals surface area contributed by atoms with Crippen LogP contribution in [0.1, 0.15) is 5.56 Å². The summed E-state index contributed by atoms with van der Waals surface area (Å²) >= 11 is 0. The molecule has 0 radical (unpaired) electrons. The normalized spacial score (nSPS) is 15.2. The fraction of sp³-hybridized carbons (Fsp3) is 0.375. The third kappa shape index (κ3) is 0.926. The molecule has 1 aromatic rings. The van der Waals surface area contributed by atoms with E-state index in [1.807, 2.05) is 6.07 Å². The minimum Gasteiger partial charge on any atom is -0.397 e. The Labute approximate surface area is 65.8 Å². The molecule has 1 aromatic heterocycles. The molecule has 0 amide bonds. The monoisotopic (exact) mass is 149 g/mol. The molecule has 1 aliphatic rings. The molecule has 1 aliphatic heterocycles. The van der Waals surface area contributed by atoms with Crippen LogP contribution >= 0.6 is 0 Å². The van der Waals surface area contributed by atoms with E-state index in [0.29, 0.717) is 0 Å². The highest BCUT2D eigenvalue weighted by Gasteiger charge is 2.16.